The standard InChI is InChI=1S/C12H24N2O/c1-2-4-11-5-3-8-14(9-6-11)10-7-12(13)15/h11H,2-10H2,1H3,(H2,13,15). The number of carbonyl (C=O) groups excluding carboxylic acids is 1. The topological polar surface area (TPSA) is 46.3 Å². The summed E-state index contributed by atoms with van der Waals surface area (Å²) in [7, 11) is 0. The highest BCUT2D eigenvalue weighted by Crippen LogP contribution is 2.21. The van der Waals surface area contributed by atoms with Crippen LogP contribution in [0.1, 0.15) is 45.4 Å². The Kier molecular flexibility index (Phi) is 5.69. The molecule has 0 bridgehead atoms. The summed E-state index contributed by atoms with van der Waals surface area (Å²) in [6.45, 7) is 5.41. The summed E-state index contributed by atoms with van der Waals surface area (Å²) in [5.41, 5.74) is 5.16. The van der Waals surface area contributed by atoms with Crippen LogP contribution in [0.25, 0.3) is 0 Å². The molecule has 2 N–H and O–H groups in total. The number of amides is 1. The highest BCUT2D eigenvalue weighted by atomic mass is 16.1. The molecule has 88 valence electrons. The fourth-order valence-corrected chi connectivity index (χ4v) is 2.41. The summed E-state index contributed by atoms with van der Waals surface area (Å²) in [4.78, 5) is 13.1. The lowest BCUT2D eigenvalue weighted by Crippen LogP contribution is -2.29. The second kappa shape index (κ2) is 6.83. The van der Waals surface area contributed by atoms with E-state index < -0.39 is 0 Å². The largest absolute Gasteiger partial charge is 0.370 e. The fraction of sp³-hybridized carbons (Fsp3) is 0.917. The van der Waals surface area contributed by atoms with Crippen molar-refractivity contribution >= 4 is 5.91 Å². The van der Waals surface area contributed by atoms with E-state index in [1.165, 1.54) is 32.1 Å². The van der Waals surface area contributed by atoms with Crippen molar-refractivity contribution in [2.24, 2.45) is 11.7 Å². The zero-order valence-electron chi connectivity index (χ0n) is 9.87. The summed E-state index contributed by atoms with van der Waals surface area (Å²) in [6.07, 6.45) is 7.12. The van der Waals surface area contributed by atoms with Crippen molar-refractivity contribution in [2.45, 2.75) is 45.4 Å². The first-order valence-corrected chi connectivity index (χ1v) is 6.23. The molecule has 0 aromatic rings. The van der Waals surface area contributed by atoms with E-state index in [-0.39, 0.29) is 5.91 Å². The molecule has 1 aliphatic heterocycles. The van der Waals surface area contributed by atoms with Gasteiger partial charge in [0.15, 0.2) is 0 Å². The fourth-order valence-electron chi connectivity index (χ4n) is 2.41. The second-order valence-corrected chi connectivity index (χ2v) is 4.64. The van der Waals surface area contributed by atoms with Gasteiger partial charge in [-0.15, -0.1) is 0 Å². The van der Waals surface area contributed by atoms with Gasteiger partial charge in [-0.3, -0.25) is 4.79 Å². The van der Waals surface area contributed by atoms with Crippen molar-refractivity contribution in [1.29, 1.82) is 0 Å². The Bertz CT molecular complexity index is 194. The molecule has 15 heavy (non-hydrogen) atoms. The first-order valence-electron chi connectivity index (χ1n) is 6.23. The van der Waals surface area contributed by atoms with Gasteiger partial charge in [-0.2, -0.15) is 0 Å². The summed E-state index contributed by atoms with van der Waals surface area (Å²) in [5, 5.41) is 0. The SMILES string of the molecule is CCCC1CCCN(CCC(N)=O)CC1. The molecule has 3 nitrogen and oxygen atoms in total. The summed E-state index contributed by atoms with van der Waals surface area (Å²) < 4.78 is 0. The Morgan fingerprint density at radius 3 is 2.87 bits per heavy atom. The number of carbonyl (C=O) groups is 1. The average molecular weight is 212 g/mol. The van der Waals surface area contributed by atoms with Crippen LogP contribution < -0.4 is 5.73 Å². The molecule has 0 saturated carbocycles. The lowest BCUT2D eigenvalue weighted by Gasteiger charge is -2.19. The minimum absolute atomic E-state index is 0.177. The molecule has 0 spiro atoms. The molecular weight excluding hydrogens is 188 g/mol. The number of likely N-dealkylation sites (tertiary alicyclic amines) is 1. The molecule has 1 atom stereocenters. The molecule has 1 fully saturated rings. The van der Waals surface area contributed by atoms with E-state index in [4.69, 9.17) is 5.73 Å². The van der Waals surface area contributed by atoms with Crippen LogP contribution in [0.15, 0.2) is 0 Å². The quantitative estimate of drug-likeness (QED) is 0.755. The Labute approximate surface area is 93.0 Å². The molecule has 1 aliphatic rings. The molecule has 0 radical (unpaired) electrons. The minimum atomic E-state index is -0.177. The normalized spacial score (nSPS) is 23.7. The second-order valence-electron chi connectivity index (χ2n) is 4.64. The summed E-state index contributed by atoms with van der Waals surface area (Å²) in [6, 6.07) is 0. The Balaban J connectivity index is 2.23. The van der Waals surface area contributed by atoms with Crippen molar-refractivity contribution in [1.82, 2.24) is 4.90 Å². The smallest absolute Gasteiger partial charge is 0.218 e. The Morgan fingerprint density at radius 2 is 2.20 bits per heavy atom. The number of hydrogen-bond acceptors (Lipinski definition) is 2. The minimum Gasteiger partial charge on any atom is -0.370 e. The van der Waals surface area contributed by atoms with Gasteiger partial charge in [-0.1, -0.05) is 19.8 Å². The van der Waals surface area contributed by atoms with Gasteiger partial charge in [-0.05, 0) is 38.3 Å². The van der Waals surface area contributed by atoms with E-state index in [2.05, 4.69) is 11.8 Å². The molecule has 1 unspecified atom stereocenters. The third-order valence-corrected chi connectivity index (χ3v) is 3.31. The van der Waals surface area contributed by atoms with Crippen LogP contribution in [0.5, 0.6) is 0 Å². The van der Waals surface area contributed by atoms with Crippen LogP contribution in [0.2, 0.25) is 0 Å². The van der Waals surface area contributed by atoms with Gasteiger partial charge in [-0.25, -0.2) is 0 Å². The number of nitrogens with zero attached hydrogens (tertiary/aromatic N) is 1. The van der Waals surface area contributed by atoms with E-state index in [1.54, 1.807) is 0 Å². The van der Waals surface area contributed by atoms with Crippen LogP contribution in [0.4, 0.5) is 0 Å². The molecule has 1 heterocycles. The zero-order valence-corrected chi connectivity index (χ0v) is 9.87. The maximum absolute atomic E-state index is 10.7. The van der Waals surface area contributed by atoms with E-state index in [0.717, 1.165) is 25.6 Å². The van der Waals surface area contributed by atoms with Crippen LogP contribution >= 0.6 is 0 Å². The lowest BCUT2D eigenvalue weighted by atomic mass is 9.96. The van der Waals surface area contributed by atoms with Gasteiger partial charge in [0.25, 0.3) is 0 Å². The van der Waals surface area contributed by atoms with Gasteiger partial charge in [0.2, 0.25) is 5.91 Å². The van der Waals surface area contributed by atoms with E-state index in [9.17, 15) is 4.79 Å². The lowest BCUT2D eigenvalue weighted by molar-refractivity contribution is -0.118. The van der Waals surface area contributed by atoms with Crippen molar-refractivity contribution in [3.05, 3.63) is 0 Å². The maximum atomic E-state index is 10.7. The van der Waals surface area contributed by atoms with Crippen LogP contribution in [-0.2, 0) is 4.79 Å². The monoisotopic (exact) mass is 212 g/mol. The Morgan fingerprint density at radius 1 is 1.40 bits per heavy atom. The predicted octanol–water partition coefficient (Wildman–Crippen LogP) is 1.76. The molecular formula is C12H24N2O. The molecule has 3 heteroatoms. The first-order chi connectivity index (χ1) is 7.22. The van der Waals surface area contributed by atoms with Gasteiger partial charge < -0.3 is 10.6 Å². The first kappa shape index (κ1) is 12.5. The van der Waals surface area contributed by atoms with Crippen LogP contribution in [-0.4, -0.2) is 30.4 Å². The highest BCUT2D eigenvalue weighted by molar-refractivity contribution is 5.73. The molecule has 0 aromatic carbocycles. The van der Waals surface area contributed by atoms with Crippen LogP contribution in [0.3, 0.4) is 0 Å². The van der Waals surface area contributed by atoms with Crippen LogP contribution in [0, 0.1) is 5.92 Å². The molecule has 0 aromatic heterocycles. The number of rotatable bonds is 5. The number of primary amides is 1. The van der Waals surface area contributed by atoms with Gasteiger partial charge in [0.1, 0.15) is 0 Å². The zero-order chi connectivity index (χ0) is 11.1. The number of nitrogens with two attached hydrogens (primary N) is 1. The predicted molar refractivity (Wildman–Crippen MR) is 62.5 cm³/mol. The summed E-state index contributed by atoms with van der Waals surface area (Å²) >= 11 is 0. The molecule has 1 saturated heterocycles. The van der Waals surface area contributed by atoms with Gasteiger partial charge in [0, 0.05) is 13.0 Å². The van der Waals surface area contributed by atoms with Crippen molar-refractivity contribution in [2.75, 3.05) is 19.6 Å². The third kappa shape index (κ3) is 5.17. The van der Waals surface area contributed by atoms with Gasteiger partial charge >= 0.3 is 0 Å². The van der Waals surface area contributed by atoms with Crippen molar-refractivity contribution in [3.8, 4) is 0 Å². The van der Waals surface area contributed by atoms with Crippen molar-refractivity contribution in [3.63, 3.8) is 0 Å². The maximum Gasteiger partial charge on any atom is 0.218 e. The number of hydrogen-bond donors (Lipinski definition) is 1. The Hall–Kier alpha value is -0.570. The van der Waals surface area contributed by atoms with Crippen molar-refractivity contribution < 1.29 is 4.79 Å². The van der Waals surface area contributed by atoms with Gasteiger partial charge in [0.05, 0.1) is 0 Å². The molecule has 1 amide bonds. The average Bonchev–Trinajstić information content (AvgIpc) is 2.41. The van der Waals surface area contributed by atoms with E-state index in [1.807, 2.05) is 0 Å². The van der Waals surface area contributed by atoms with E-state index in [0.29, 0.717) is 6.42 Å². The molecule has 0 aliphatic carbocycles. The van der Waals surface area contributed by atoms with E-state index >= 15 is 0 Å². The third-order valence-electron chi connectivity index (χ3n) is 3.31. The highest BCUT2D eigenvalue weighted by Gasteiger charge is 2.16. The summed E-state index contributed by atoms with van der Waals surface area (Å²) in [5.74, 6) is 0.734. The molecule has 1 rings (SSSR count).